The lowest BCUT2D eigenvalue weighted by atomic mass is 9.94. The van der Waals surface area contributed by atoms with Crippen molar-refractivity contribution in [2.45, 2.75) is 32.6 Å². The number of oxazole rings is 1. The van der Waals surface area contributed by atoms with Crippen LogP contribution in [0.1, 0.15) is 41.3 Å². The van der Waals surface area contributed by atoms with E-state index in [4.69, 9.17) is 4.42 Å². The Morgan fingerprint density at radius 3 is 2.74 bits per heavy atom. The van der Waals surface area contributed by atoms with Crippen molar-refractivity contribution >= 4 is 11.1 Å². The number of nitriles is 1. The average molecular weight is 306 g/mol. The van der Waals surface area contributed by atoms with E-state index in [0.29, 0.717) is 28.1 Å². The van der Waals surface area contributed by atoms with E-state index in [9.17, 15) is 5.26 Å². The molecule has 0 amide bonds. The van der Waals surface area contributed by atoms with Crippen LogP contribution in [0, 0.1) is 31.0 Å². The fourth-order valence-electron chi connectivity index (χ4n) is 3.02. The Morgan fingerprint density at radius 1 is 1.30 bits per heavy atom. The number of halogens is 1. The molecule has 1 aliphatic carbocycles. The van der Waals surface area contributed by atoms with Crippen molar-refractivity contribution in [1.82, 2.24) is 4.98 Å². The van der Waals surface area contributed by atoms with Gasteiger partial charge in [0.2, 0.25) is 0 Å². The van der Waals surface area contributed by atoms with Crippen LogP contribution in [0.5, 0.6) is 0 Å². The first-order chi connectivity index (χ1) is 11.1. The highest BCUT2D eigenvalue weighted by atomic mass is 19.1. The first-order valence-corrected chi connectivity index (χ1v) is 7.69. The van der Waals surface area contributed by atoms with Crippen LogP contribution >= 0.6 is 0 Å². The largest absolute Gasteiger partial charge is 0.437 e. The molecule has 0 saturated heterocycles. The molecule has 0 atom stereocenters. The molecule has 3 aromatic rings. The van der Waals surface area contributed by atoms with Gasteiger partial charge in [-0.15, -0.1) is 0 Å². The maximum atomic E-state index is 15.1. The predicted molar refractivity (Wildman–Crippen MR) is 85.6 cm³/mol. The summed E-state index contributed by atoms with van der Waals surface area (Å²) < 4.78 is 20.8. The zero-order chi connectivity index (χ0) is 16.1. The molecule has 114 valence electrons. The number of aryl methyl sites for hydroxylation is 1. The van der Waals surface area contributed by atoms with Crippen molar-refractivity contribution in [3.05, 3.63) is 52.7 Å². The molecule has 2 aromatic carbocycles. The SMILES string of the molecule is Cc1cccc(-c2c(C)c(C#N)c3nc(C4CC4)oc3c2F)c1. The van der Waals surface area contributed by atoms with Crippen LogP contribution in [0.25, 0.3) is 22.2 Å². The Hall–Kier alpha value is -2.67. The second-order valence-electron chi connectivity index (χ2n) is 6.17. The highest BCUT2D eigenvalue weighted by Crippen LogP contribution is 2.43. The van der Waals surface area contributed by atoms with Gasteiger partial charge in [-0.2, -0.15) is 5.26 Å². The van der Waals surface area contributed by atoms with Crippen molar-refractivity contribution in [3.63, 3.8) is 0 Å². The normalized spacial score (nSPS) is 14.2. The Bertz CT molecular complexity index is 977. The van der Waals surface area contributed by atoms with Gasteiger partial charge in [0.1, 0.15) is 11.6 Å². The summed E-state index contributed by atoms with van der Waals surface area (Å²) in [6, 6.07) is 9.78. The number of hydrogen-bond donors (Lipinski definition) is 0. The molecule has 3 nitrogen and oxygen atoms in total. The van der Waals surface area contributed by atoms with Gasteiger partial charge < -0.3 is 4.42 Å². The van der Waals surface area contributed by atoms with Gasteiger partial charge in [0.15, 0.2) is 17.3 Å². The molecule has 1 saturated carbocycles. The van der Waals surface area contributed by atoms with Crippen LogP contribution in [-0.2, 0) is 0 Å². The molecule has 1 aliphatic rings. The maximum Gasteiger partial charge on any atom is 0.198 e. The Morgan fingerprint density at radius 2 is 2.09 bits per heavy atom. The van der Waals surface area contributed by atoms with Crippen molar-refractivity contribution in [1.29, 1.82) is 5.26 Å². The van der Waals surface area contributed by atoms with Crippen LogP contribution in [0.3, 0.4) is 0 Å². The predicted octanol–water partition coefficient (Wildman–Crippen LogP) is 5.00. The van der Waals surface area contributed by atoms with E-state index in [0.717, 1.165) is 24.0 Å². The Kier molecular flexibility index (Phi) is 2.99. The quantitative estimate of drug-likeness (QED) is 0.669. The summed E-state index contributed by atoms with van der Waals surface area (Å²) in [5, 5.41) is 9.54. The minimum absolute atomic E-state index is 0.102. The smallest absolute Gasteiger partial charge is 0.198 e. The summed E-state index contributed by atoms with van der Waals surface area (Å²) >= 11 is 0. The van der Waals surface area contributed by atoms with Gasteiger partial charge in [-0.25, -0.2) is 9.37 Å². The zero-order valence-corrected chi connectivity index (χ0v) is 13.0. The maximum absolute atomic E-state index is 15.1. The van der Waals surface area contributed by atoms with E-state index < -0.39 is 5.82 Å². The number of rotatable bonds is 2. The Labute approximate surface area is 133 Å². The van der Waals surface area contributed by atoms with Gasteiger partial charge in [0.25, 0.3) is 0 Å². The third-order valence-corrected chi connectivity index (χ3v) is 4.39. The van der Waals surface area contributed by atoms with Gasteiger partial charge >= 0.3 is 0 Å². The zero-order valence-electron chi connectivity index (χ0n) is 13.0. The molecule has 0 spiro atoms. The summed E-state index contributed by atoms with van der Waals surface area (Å²) in [7, 11) is 0. The van der Waals surface area contributed by atoms with Gasteiger partial charge in [-0.05, 0) is 37.8 Å². The van der Waals surface area contributed by atoms with E-state index in [1.165, 1.54) is 0 Å². The van der Waals surface area contributed by atoms with E-state index in [2.05, 4.69) is 11.1 Å². The minimum atomic E-state index is -0.429. The van der Waals surface area contributed by atoms with Crippen LogP contribution in [0.2, 0.25) is 0 Å². The van der Waals surface area contributed by atoms with E-state index >= 15 is 4.39 Å². The highest BCUT2D eigenvalue weighted by Gasteiger charge is 2.31. The summed E-state index contributed by atoms with van der Waals surface area (Å²) in [5.41, 5.74) is 3.67. The fourth-order valence-corrected chi connectivity index (χ4v) is 3.02. The van der Waals surface area contributed by atoms with Crippen molar-refractivity contribution < 1.29 is 8.81 Å². The molecule has 1 heterocycles. The lowest BCUT2D eigenvalue weighted by Gasteiger charge is -2.10. The molecule has 0 bridgehead atoms. The number of hydrogen-bond acceptors (Lipinski definition) is 3. The van der Waals surface area contributed by atoms with Gasteiger partial charge in [-0.1, -0.05) is 29.8 Å². The first-order valence-electron chi connectivity index (χ1n) is 7.69. The average Bonchev–Trinajstić information content (AvgIpc) is 3.28. The third-order valence-electron chi connectivity index (χ3n) is 4.39. The standard InChI is InChI=1S/C19H15FN2O/c1-10-4-3-5-13(8-10)15-11(2)14(9-21)17-18(16(15)20)23-19(22-17)12-6-7-12/h3-5,8,12H,6-7H2,1-2H3. The molecular weight excluding hydrogens is 291 g/mol. The summed E-state index contributed by atoms with van der Waals surface area (Å²) in [6.07, 6.45) is 2.03. The van der Waals surface area contributed by atoms with Crippen LogP contribution < -0.4 is 0 Å². The molecule has 1 aromatic heterocycles. The summed E-state index contributed by atoms with van der Waals surface area (Å²) in [5.74, 6) is 0.397. The van der Waals surface area contributed by atoms with E-state index in [-0.39, 0.29) is 11.5 Å². The molecule has 23 heavy (non-hydrogen) atoms. The van der Waals surface area contributed by atoms with Crippen molar-refractivity contribution in [3.8, 4) is 17.2 Å². The van der Waals surface area contributed by atoms with Crippen LogP contribution in [0.4, 0.5) is 4.39 Å². The second kappa shape index (κ2) is 4.92. The molecule has 0 aliphatic heterocycles. The molecule has 0 unspecified atom stereocenters. The molecular formula is C19H15FN2O. The molecule has 4 heteroatoms. The lowest BCUT2D eigenvalue weighted by Crippen LogP contribution is -1.96. The van der Waals surface area contributed by atoms with E-state index in [1.54, 1.807) is 6.92 Å². The van der Waals surface area contributed by atoms with Gasteiger partial charge in [0, 0.05) is 11.5 Å². The van der Waals surface area contributed by atoms with Gasteiger partial charge in [-0.3, -0.25) is 0 Å². The monoisotopic (exact) mass is 306 g/mol. The molecule has 1 fully saturated rings. The van der Waals surface area contributed by atoms with Crippen molar-refractivity contribution in [2.24, 2.45) is 0 Å². The fraction of sp³-hybridized carbons (Fsp3) is 0.263. The summed E-state index contributed by atoms with van der Waals surface area (Å²) in [4.78, 5) is 4.39. The Balaban J connectivity index is 2.06. The second-order valence-corrected chi connectivity index (χ2v) is 6.17. The molecule has 4 rings (SSSR count). The number of aromatic nitrogens is 1. The third kappa shape index (κ3) is 2.12. The molecule has 0 N–H and O–H groups in total. The van der Waals surface area contributed by atoms with E-state index in [1.807, 2.05) is 31.2 Å². The van der Waals surface area contributed by atoms with Crippen molar-refractivity contribution in [2.75, 3.05) is 0 Å². The number of fused-ring (bicyclic) bond motifs is 1. The van der Waals surface area contributed by atoms with Crippen LogP contribution in [-0.4, -0.2) is 4.98 Å². The number of nitrogens with zero attached hydrogens (tertiary/aromatic N) is 2. The topological polar surface area (TPSA) is 49.8 Å². The first kappa shape index (κ1) is 14.0. The lowest BCUT2D eigenvalue weighted by molar-refractivity contribution is 0.509. The highest BCUT2D eigenvalue weighted by molar-refractivity contribution is 5.89. The van der Waals surface area contributed by atoms with Gasteiger partial charge in [0.05, 0.1) is 5.56 Å². The minimum Gasteiger partial charge on any atom is -0.437 e. The summed E-state index contributed by atoms with van der Waals surface area (Å²) in [6.45, 7) is 3.73. The number of benzene rings is 2. The molecule has 0 radical (unpaired) electrons. The van der Waals surface area contributed by atoms with Crippen LogP contribution in [0.15, 0.2) is 28.7 Å².